The number of para-hydroxylation sites is 2. The summed E-state index contributed by atoms with van der Waals surface area (Å²) in [5, 5.41) is 9.20. The lowest BCUT2D eigenvalue weighted by Crippen LogP contribution is -2.15. The summed E-state index contributed by atoms with van der Waals surface area (Å²) < 4.78 is 1.87. The molecule has 6 nitrogen and oxygen atoms in total. The van der Waals surface area contributed by atoms with Gasteiger partial charge in [0.1, 0.15) is 0 Å². The van der Waals surface area contributed by atoms with Gasteiger partial charge in [0, 0.05) is 28.4 Å². The molecule has 0 bridgehead atoms. The number of benzene rings is 2. The van der Waals surface area contributed by atoms with Crippen LogP contribution in [0.25, 0.3) is 21.8 Å². The van der Waals surface area contributed by atoms with Crippen molar-refractivity contribution in [3.63, 3.8) is 0 Å². The molecule has 1 N–H and O–H groups in total. The van der Waals surface area contributed by atoms with Crippen molar-refractivity contribution in [1.82, 2.24) is 19.7 Å². The zero-order chi connectivity index (χ0) is 21.4. The molecule has 0 atom stereocenters. The molecule has 0 fully saturated rings. The van der Waals surface area contributed by atoms with Gasteiger partial charge in [-0.15, -0.1) is 0 Å². The lowest BCUT2D eigenvalue weighted by molar-refractivity contribution is 0.102. The maximum Gasteiger partial charge on any atom is 0.256 e. The number of fused-ring (bicyclic) bond motifs is 2. The largest absolute Gasteiger partial charge is 0.320 e. The molecule has 0 saturated heterocycles. The van der Waals surface area contributed by atoms with Crippen LogP contribution in [0.15, 0.2) is 72.9 Å². The molecule has 0 unspecified atom stereocenters. The summed E-state index contributed by atoms with van der Waals surface area (Å²) in [6.45, 7) is 4.44. The van der Waals surface area contributed by atoms with E-state index in [1.807, 2.05) is 85.3 Å². The Morgan fingerprint density at radius 3 is 2.68 bits per heavy atom. The fraction of sp³-hybridized carbons (Fsp3) is 0.120. The van der Waals surface area contributed by atoms with Crippen molar-refractivity contribution in [3.8, 4) is 0 Å². The SMILES string of the molecule is Cc1ccc2cccc(NC(=O)c3cc(Cn4nccc4C)nc4ccccc34)c2n1. The van der Waals surface area contributed by atoms with Crippen LogP contribution >= 0.6 is 0 Å². The molecule has 5 rings (SSSR count). The highest BCUT2D eigenvalue weighted by Crippen LogP contribution is 2.25. The van der Waals surface area contributed by atoms with E-state index in [1.165, 1.54) is 0 Å². The van der Waals surface area contributed by atoms with Crippen LogP contribution in [0.3, 0.4) is 0 Å². The molecule has 31 heavy (non-hydrogen) atoms. The standard InChI is InChI=1S/C25H21N5O/c1-16-10-11-18-6-5-9-23(24(18)27-16)29-25(31)21-14-19(15-30-17(2)12-13-26-30)28-22-8-4-3-7-20(21)22/h3-14H,15H2,1-2H3,(H,29,31). The van der Waals surface area contributed by atoms with Gasteiger partial charge in [0.25, 0.3) is 5.91 Å². The quantitative estimate of drug-likeness (QED) is 0.460. The first-order valence-electron chi connectivity index (χ1n) is 10.1. The molecule has 3 aromatic heterocycles. The average molecular weight is 407 g/mol. The smallest absolute Gasteiger partial charge is 0.256 e. The van der Waals surface area contributed by atoms with E-state index >= 15 is 0 Å². The molecule has 152 valence electrons. The number of aromatic nitrogens is 4. The minimum Gasteiger partial charge on any atom is -0.320 e. The van der Waals surface area contributed by atoms with Crippen molar-refractivity contribution in [2.75, 3.05) is 5.32 Å². The van der Waals surface area contributed by atoms with E-state index in [1.54, 1.807) is 6.20 Å². The number of nitrogens with one attached hydrogen (secondary N) is 1. The Balaban J connectivity index is 1.57. The second-order valence-corrected chi connectivity index (χ2v) is 7.59. The molecule has 0 aliphatic rings. The van der Waals surface area contributed by atoms with Gasteiger partial charge in [-0.25, -0.2) is 0 Å². The molecular weight excluding hydrogens is 386 g/mol. The Hall–Kier alpha value is -4.06. The highest BCUT2D eigenvalue weighted by molar-refractivity contribution is 6.14. The lowest BCUT2D eigenvalue weighted by Gasteiger charge is -2.12. The van der Waals surface area contributed by atoms with Crippen LogP contribution in [-0.4, -0.2) is 25.7 Å². The van der Waals surface area contributed by atoms with Crippen molar-refractivity contribution in [2.24, 2.45) is 0 Å². The lowest BCUT2D eigenvalue weighted by atomic mass is 10.1. The number of carbonyl (C=O) groups excluding carboxylic acids is 1. The first-order chi connectivity index (χ1) is 15.1. The van der Waals surface area contributed by atoms with Gasteiger partial charge in [-0.3, -0.25) is 19.4 Å². The van der Waals surface area contributed by atoms with Gasteiger partial charge in [-0.05, 0) is 44.2 Å². The van der Waals surface area contributed by atoms with E-state index in [2.05, 4.69) is 15.4 Å². The van der Waals surface area contributed by atoms with Crippen molar-refractivity contribution < 1.29 is 4.79 Å². The number of nitrogens with zero attached hydrogens (tertiary/aromatic N) is 4. The number of carbonyl (C=O) groups is 1. The van der Waals surface area contributed by atoms with Crippen LogP contribution in [0.1, 0.15) is 27.4 Å². The molecule has 3 heterocycles. The maximum absolute atomic E-state index is 13.4. The fourth-order valence-electron chi connectivity index (χ4n) is 3.75. The monoisotopic (exact) mass is 407 g/mol. The summed E-state index contributed by atoms with van der Waals surface area (Å²) in [5.41, 5.74) is 5.55. The Morgan fingerprint density at radius 2 is 1.84 bits per heavy atom. The minimum absolute atomic E-state index is 0.187. The molecule has 0 aliphatic carbocycles. The van der Waals surface area contributed by atoms with E-state index < -0.39 is 0 Å². The predicted octanol–water partition coefficient (Wildman–Crippen LogP) is 4.90. The van der Waals surface area contributed by atoms with Gasteiger partial charge >= 0.3 is 0 Å². The highest BCUT2D eigenvalue weighted by Gasteiger charge is 2.15. The summed E-state index contributed by atoms with van der Waals surface area (Å²) in [5.74, 6) is -0.187. The fourth-order valence-corrected chi connectivity index (χ4v) is 3.75. The summed E-state index contributed by atoms with van der Waals surface area (Å²) in [6, 6.07) is 21.3. The zero-order valence-electron chi connectivity index (χ0n) is 17.3. The number of amides is 1. The van der Waals surface area contributed by atoms with Crippen molar-refractivity contribution in [1.29, 1.82) is 0 Å². The summed E-state index contributed by atoms with van der Waals surface area (Å²) in [7, 11) is 0. The van der Waals surface area contributed by atoms with E-state index in [4.69, 9.17) is 4.98 Å². The van der Waals surface area contributed by atoms with Gasteiger partial charge in [0.15, 0.2) is 0 Å². The molecule has 5 aromatic rings. The van der Waals surface area contributed by atoms with Crippen LogP contribution in [-0.2, 0) is 6.54 Å². The van der Waals surface area contributed by atoms with Crippen LogP contribution in [0, 0.1) is 13.8 Å². The minimum atomic E-state index is -0.187. The summed E-state index contributed by atoms with van der Waals surface area (Å²) in [6.07, 6.45) is 1.76. The zero-order valence-corrected chi connectivity index (χ0v) is 17.3. The third kappa shape index (κ3) is 3.64. The number of hydrogen-bond acceptors (Lipinski definition) is 4. The van der Waals surface area contributed by atoms with Gasteiger partial charge in [-0.2, -0.15) is 5.10 Å². The van der Waals surface area contributed by atoms with Crippen molar-refractivity contribution >= 4 is 33.4 Å². The van der Waals surface area contributed by atoms with Crippen molar-refractivity contribution in [3.05, 3.63) is 95.6 Å². The second kappa shape index (κ2) is 7.65. The Morgan fingerprint density at radius 1 is 0.968 bits per heavy atom. The molecule has 2 aromatic carbocycles. The third-order valence-electron chi connectivity index (χ3n) is 5.36. The van der Waals surface area contributed by atoms with Crippen molar-refractivity contribution in [2.45, 2.75) is 20.4 Å². The Bertz CT molecular complexity index is 1440. The average Bonchev–Trinajstić information content (AvgIpc) is 3.18. The normalized spacial score (nSPS) is 11.2. The number of rotatable bonds is 4. The maximum atomic E-state index is 13.4. The topological polar surface area (TPSA) is 72.7 Å². The van der Waals surface area contributed by atoms with Gasteiger partial charge in [0.2, 0.25) is 0 Å². The number of pyridine rings is 2. The highest BCUT2D eigenvalue weighted by atomic mass is 16.1. The molecular formula is C25H21N5O. The van der Waals surface area contributed by atoms with Gasteiger partial charge < -0.3 is 5.32 Å². The molecule has 6 heteroatoms. The van der Waals surface area contributed by atoms with E-state index in [9.17, 15) is 4.79 Å². The van der Waals surface area contributed by atoms with Crippen LogP contribution in [0.5, 0.6) is 0 Å². The Kier molecular flexibility index (Phi) is 4.67. The number of hydrogen-bond donors (Lipinski definition) is 1. The van der Waals surface area contributed by atoms with Crippen LogP contribution < -0.4 is 5.32 Å². The first kappa shape index (κ1) is 18.9. The van der Waals surface area contributed by atoms with Crippen LogP contribution in [0.2, 0.25) is 0 Å². The first-order valence-corrected chi connectivity index (χ1v) is 10.1. The second-order valence-electron chi connectivity index (χ2n) is 7.59. The van der Waals surface area contributed by atoms with E-state index in [0.29, 0.717) is 17.8 Å². The molecule has 0 radical (unpaired) electrons. The predicted molar refractivity (Wildman–Crippen MR) is 122 cm³/mol. The third-order valence-corrected chi connectivity index (χ3v) is 5.36. The van der Waals surface area contributed by atoms with Gasteiger partial charge in [0.05, 0.1) is 34.5 Å². The molecule has 0 aliphatic heterocycles. The molecule has 1 amide bonds. The number of anilines is 1. The summed E-state index contributed by atoms with van der Waals surface area (Å²) >= 11 is 0. The van der Waals surface area contributed by atoms with E-state index in [0.717, 1.165) is 38.9 Å². The van der Waals surface area contributed by atoms with Crippen LogP contribution in [0.4, 0.5) is 5.69 Å². The van der Waals surface area contributed by atoms with E-state index in [-0.39, 0.29) is 5.91 Å². The number of aryl methyl sites for hydroxylation is 2. The molecule has 0 saturated carbocycles. The summed E-state index contributed by atoms with van der Waals surface area (Å²) in [4.78, 5) is 22.8. The Labute approximate surface area is 179 Å². The molecule has 0 spiro atoms. The van der Waals surface area contributed by atoms with Gasteiger partial charge in [-0.1, -0.05) is 36.4 Å².